The molecule has 9 nitrogen and oxygen atoms in total. The summed E-state index contributed by atoms with van der Waals surface area (Å²) >= 11 is 0. The summed E-state index contributed by atoms with van der Waals surface area (Å²) in [5, 5.41) is 8.05. The normalized spacial score (nSPS) is 10.0. The Hall–Kier alpha value is -3.75. The first-order chi connectivity index (χ1) is 14.9. The molecule has 0 radical (unpaired) electrons. The van der Waals surface area contributed by atoms with Gasteiger partial charge in [0.1, 0.15) is 11.5 Å². The Morgan fingerprint density at radius 1 is 0.839 bits per heavy atom. The maximum absolute atomic E-state index is 12.4. The van der Waals surface area contributed by atoms with Crippen molar-refractivity contribution in [2.75, 3.05) is 44.5 Å². The second kappa shape index (κ2) is 12.1. The molecule has 0 saturated carbocycles. The quantitative estimate of drug-likeness (QED) is 0.539. The number of ether oxygens (including phenoxy) is 2. The van der Waals surface area contributed by atoms with Crippen LogP contribution in [0, 0.1) is 0 Å². The highest BCUT2D eigenvalue weighted by Gasteiger charge is 2.16. The Bertz CT molecular complexity index is 868. The van der Waals surface area contributed by atoms with Gasteiger partial charge in [-0.1, -0.05) is 0 Å². The van der Waals surface area contributed by atoms with Crippen molar-refractivity contribution in [2.45, 2.75) is 13.3 Å². The van der Waals surface area contributed by atoms with Crippen molar-refractivity contribution in [3.05, 3.63) is 48.5 Å². The number of hydrogen-bond acceptors (Lipinski definition) is 5. The molecular formula is C22H28N4O5. The molecule has 166 valence electrons. The summed E-state index contributed by atoms with van der Waals surface area (Å²) in [6, 6.07) is 13.4. The SMILES string of the molecule is CCN(CC(=O)Nc1ccc(OC)cc1)C(=O)CCNC(=O)Nc1ccc(OC)cc1. The van der Waals surface area contributed by atoms with E-state index in [0.717, 1.165) is 0 Å². The lowest BCUT2D eigenvalue weighted by Crippen LogP contribution is -2.40. The third-order valence-electron chi connectivity index (χ3n) is 4.41. The zero-order valence-corrected chi connectivity index (χ0v) is 17.9. The van der Waals surface area contributed by atoms with Gasteiger partial charge in [-0.15, -0.1) is 0 Å². The van der Waals surface area contributed by atoms with Gasteiger partial charge in [0.25, 0.3) is 0 Å². The van der Waals surface area contributed by atoms with Gasteiger partial charge in [0, 0.05) is 30.9 Å². The number of hydrogen-bond donors (Lipinski definition) is 3. The van der Waals surface area contributed by atoms with Crippen LogP contribution in [-0.4, -0.2) is 56.6 Å². The van der Waals surface area contributed by atoms with Crippen LogP contribution in [-0.2, 0) is 9.59 Å². The molecule has 0 spiro atoms. The standard InChI is InChI=1S/C22H28N4O5/c1-4-26(15-20(27)24-16-5-9-18(30-2)10-6-16)21(28)13-14-23-22(29)25-17-7-11-19(31-3)12-8-17/h5-12H,4,13-15H2,1-3H3,(H,24,27)(H2,23,25,29). The number of urea groups is 1. The molecule has 0 bridgehead atoms. The monoisotopic (exact) mass is 428 g/mol. The maximum Gasteiger partial charge on any atom is 0.319 e. The molecule has 0 heterocycles. The van der Waals surface area contributed by atoms with Crippen LogP contribution < -0.4 is 25.4 Å². The molecule has 0 aliphatic heterocycles. The van der Waals surface area contributed by atoms with Gasteiger partial charge in [-0.05, 0) is 55.5 Å². The van der Waals surface area contributed by atoms with Crippen molar-refractivity contribution in [1.82, 2.24) is 10.2 Å². The first kappa shape index (κ1) is 23.5. The average molecular weight is 428 g/mol. The number of amides is 4. The Morgan fingerprint density at radius 3 is 1.84 bits per heavy atom. The molecule has 0 unspecified atom stereocenters. The lowest BCUT2D eigenvalue weighted by atomic mass is 10.3. The summed E-state index contributed by atoms with van der Waals surface area (Å²) in [6.45, 7) is 2.26. The van der Waals surface area contributed by atoms with Crippen LogP contribution in [0.25, 0.3) is 0 Å². The van der Waals surface area contributed by atoms with Crippen molar-refractivity contribution >= 4 is 29.2 Å². The van der Waals surface area contributed by atoms with E-state index in [2.05, 4.69) is 16.0 Å². The minimum atomic E-state index is -0.418. The van der Waals surface area contributed by atoms with Gasteiger partial charge in [-0.25, -0.2) is 4.79 Å². The van der Waals surface area contributed by atoms with Gasteiger partial charge in [0.2, 0.25) is 11.8 Å². The van der Waals surface area contributed by atoms with Crippen LogP contribution >= 0.6 is 0 Å². The molecule has 0 fully saturated rings. The predicted octanol–water partition coefficient (Wildman–Crippen LogP) is 2.70. The van der Waals surface area contributed by atoms with Crippen LogP contribution in [0.4, 0.5) is 16.2 Å². The number of nitrogens with one attached hydrogen (secondary N) is 3. The molecule has 0 aliphatic rings. The summed E-state index contributed by atoms with van der Waals surface area (Å²) < 4.78 is 10.1. The van der Waals surface area contributed by atoms with Gasteiger partial charge in [-0.2, -0.15) is 0 Å². The molecule has 2 aromatic carbocycles. The Morgan fingerprint density at radius 2 is 1.35 bits per heavy atom. The van der Waals surface area contributed by atoms with E-state index in [1.54, 1.807) is 69.7 Å². The minimum absolute atomic E-state index is 0.0700. The van der Waals surface area contributed by atoms with Crippen molar-refractivity contribution in [1.29, 1.82) is 0 Å². The van der Waals surface area contributed by atoms with Crippen LogP contribution in [0.5, 0.6) is 11.5 Å². The molecule has 0 aromatic heterocycles. The molecule has 9 heteroatoms. The van der Waals surface area contributed by atoms with Crippen LogP contribution in [0.2, 0.25) is 0 Å². The number of rotatable bonds is 10. The molecule has 2 rings (SSSR count). The number of nitrogens with zero attached hydrogens (tertiary/aromatic N) is 1. The van der Waals surface area contributed by atoms with Crippen molar-refractivity contribution < 1.29 is 23.9 Å². The van der Waals surface area contributed by atoms with Gasteiger partial charge in [0.15, 0.2) is 0 Å². The topological polar surface area (TPSA) is 109 Å². The minimum Gasteiger partial charge on any atom is -0.497 e. The van der Waals surface area contributed by atoms with E-state index in [-0.39, 0.29) is 31.3 Å². The number of anilines is 2. The fraction of sp³-hybridized carbons (Fsp3) is 0.318. The first-order valence-corrected chi connectivity index (χ1v) is 9.85. The van der Waals surface area contributed by atoms with E-state index >= 15 is 0 Å². The van der Waals surface area contributed by atoms with E-state index in [4.69, 9.17) is 9.47 Å². The van der Waals surface area contributed by atoms with Gasteiger partial charge in [0.05, 0.1) is 20.8 Å². The summed E-state index contributed by atoms with van der Waals surface area (Å²) in [5.41, 5.74) is 1.22. The highest BCUT2D eigenvalue weighted by molar-refractivity contribution is 5.94. The highest BCUT2D eigenvalue weighted by Crippen LogP contribution is 2.15. The predicted molar refractivity (Wildman–Crippen MR) is 119 cm³/mol. The fourth-order valence-corrected chi connectivity index (χ4v) is 2.72. The zero-order chi connectivity index (χ0) is 22.6. The number of carbonyl (C=O) groups is 3. The van der Waals surface area contributed by atoms with Crippen LogP contribution in [0.3, 0.4) is 0 Å². The lowest BCUT2D eigenvalue weighted by Gasteiger charge is -2.20. The Balaban J connectivity index is 1.74. The number of carbonyl (C=O) groups excluding carboxylic acids is 3. The number of methoxy groups -OCH3 is 2. The summed E-state index contributed by atoms with van der Waals surface area (Å²) in [6.07, 6.45) is 0.0830. The van der Waals surface area contributed by atoms with E-state index < -0.39 is 6.03 Å². The summed E-state index contributed by atoms with van der Waals surface area (Å²) in [4.78, 5) is 38.0. The largest absolute Gasteiger partial charge is 0.497 e. The van der Waals surface area contributed by atoms with E-state index in [9.17, 15) is 14.4 Å². The van der Waals surface area contributed by atoms with Gasteiger partial charge >= 0.3 is 6.03 Å². The fourth-order valence-electron chi connectivity index (χ4n) is 2.72. The average Bonchev–Trinajstić information content (AvgIpc) is 2.78. The molecule has 2 aromatic rings. The molecule has 31 heavy (non-hydrogen) atoms. The maximum atomic E-state index is 12.4. The number of likely N-dealkylation sites (N-methyl/N-ethyl adjacent to an activating group) is 1. The van der Waals surface area contributed by atoms with Crippen LogP contribution in [0.1, 0.15) is 13.3 Å². The molecular weight excluding hydrogens is 400 g/mol. The third-order valence-corrected chi connectivity index (χ3v) is 4.41. The van der Waals surface area contributed by atoms with E-state index in [1.165, 1.54) is 4.90 Å². The van der Waals surface area contributed by atoms with Gasteiger partial charge < -0.3 is 30.3 Å². The Kier molecular flexibility index (Phi) is 9.15. The van der Waals surface area contributed by atoms with Crippen molar-refractivity contribution in [3.8, 4) is 11.5 Å². The first-order valence-electron chi connectivity index (χ1n) is 9.85. The number of benzene rings is 2. The van der Waals surface area contributed by atoms with Crippen LogP contribution in [0.15, 0.2) is 48.5 Å². The Labute approximate surface area is 181 Å². The van der Waals surface area contributed by atoms with E-state index in [1.807, 2.05) is 0 Å². The summed E-state index contributed by atoms with van der Waals surface area (Å²) in [7, 11) is 3.13. The van der Waals surface area contributed by atoms with Gasteiger partial charge in [-0.3, -0.25) is 9.59 Å². The molecule has 0 saturated heterocycles. The smallest absolute Gasteiger partial charge is 0.319 e. The van der Waals surface area contributed by atoms with Crippen molar-refractivity contribution in [3.63, 3.8) is 0 Å². The van der Waals surface area contributed by atoms with E-state index in [0.29, 0.717) is 29.4 Å². The second-order valence-corrected chi connectivity index (χ2v) is 6.54. The molecule has 0 atom stereocenters. The molecule has 3 N–H and O–H groups in total. The molecule has 4 amide bonds. The van der Waals surface area contributed by atoms with Crippen molar-refractivity contribution in [2.24, 2.45) is 0 Å². The lowest BCUT2D eigenvalue weighted by molar-refractivity contribution is -0.134. The zero-order valence-electron chi connectivity index (χ0n) is 17.9. The second-order valence-electron chi connectivity index (χ2n) is 6.54. The highest BCUT2D eigenvalue weighted by atomic mass is 16.5. The molecule has 0 aliphatic carbocycles. The third kappa shape index (κ3) is 7.88. The summed E-state index contributed by atoms with van der Waals surface area (Å²) in [5.74, 6) is 0.849.